The molecule has 0 saturated carbocycles. The molecule has 0 unspecified atom stereocenters. The van der Waals surface area contributed by atoms with E-state index in [9.17, 15) is 9.59 Å². The van der Waals surface area contributed by atoms with Crippen molar-refractivity contribution >= 4 is 17.5 Å². The number of nitrogens with one attached hydrogen (secondary N) is 2. The Bertz CT molecular complexity index is 957. The van der Waals surface area contributed by atoms with Gasteiger partial charge in [-0.2, -0.15) is 5.10 Å². The van der Waals surface area contributed by atoms with Crippen molar-refractivity contribution in [2.45, 2.75) is 6.92 Å². The summed E-state index contributed by atoms with van der Waals surface area (Å²) in [5.41, 5.74) is 4.11. The van der Waals surface area contributed by atoms with Crippen LogP contribution in [0.3, 0.4) is 0 Å². The number of hydrazone groups is 1. The van der Waals surface area contributed by atoms with E-state index in [1.807, 2.05) is 0 Å². The molecule has 3 rings (SSSR count). The lowest BCUT2D eigenvalue weighted by Gasteiger charge is -2.09. The standard InChI is InChI=1S/C20H21N3O6/c1-12(13-4-6-15(26-2)17(8-13)27-3)22-23-19(24)10-21-20(25)14-5-7-16-18(9-14)29-11-28-16/h4-9H,10-11H2,1-3H3,(H,21,25)(H,23,24)/b22-12-. The van der Waals surface area contributed by atoms with Gasteiger partial charge in [0.25, 0.3) is 11.8 Å². The first-order chi connectivity index (χ1) is 14.0. The molecule has 0 bridgehead atoms. The average molecular weight is 399 g/mol. The van der Waals surface area contributed by atoms with Gasteiger partial charge in [0.1, 0.15) is 0 Å². The molecule has 0 fully saturated rings. The third kappa shape index (κ3) is 4.75. The van der Waals surface area contributed by atoms with E-state index >= 15 is 0 Å². The number of hydrogen-bond acceptors (Lipinski definition) is 7. The molecule has 2 amide bonds. The Labute approximate surface area is 167 Å². The summed E-state index contributed by atoms with van der Waals surface area (Å²) in [7, 11) is 3.09. The number of fused-ring (bicyclic) bond motifs is 1. The molecular formula is C20H21N3O6. The van der Waals surface area contributed by atoms with Crippen LogP contribution in [0, 0.1) is 0 Å². The molecule has 0 aliphatic carbocycles. The van der Waals surface area contributed by atoms with Crippen molar-refractivity contribution in [2.24, 2.45) is 5.10 Å². The molecule has 2 aromatic rings. The smallest absolute Gasteiger partial charge is 0.259 e. The number of amides is 2. The molecule has 1 aliphatic rings. The molecule has 1 aliphatic heterocycles. The number of carbonyl (C=O) groups is 2. The molecule has 0 saturated heterocycles. The Balaban J connectivity index is 1.54. The van der Waals surface area contributed by atoms with Gasteiger partial charge in [0.15, 0.2) is 23.0 Å². The first-order valence-electron chi connectivity index (χ1n) is 8.75. The number of hydrogen-bond donors (Lipinski definition) is 2. The summed E-state index contributed by atoms with van der Waals surface area (Å²) in [5.74, 6) is 1.37. The highest BCUT2D eigenvalue weighted by atomic mass is 16.7. The quantitative estimate of drug-likeness (QED) is 0.542. The maximum absolute atomic E-state index is 12.2. The second kappa shape index (κ2) is 8.96. The molecular weight excluding hydrogens is 378 g/mol. The van der Waals surface area contributed by atoms with Crippen molar-refractivity contribution in [3.8, 4) is 23.0 Å². The zero-order valence-electron chi connectivity index (χ0n) is 16.3. The number of ether oxygens (including phenoxy) is 4. The fourth-order valence-electron chi connectivity index (χ4n) is 2.61. The number of nitrogens with zero attached hydrogens (tertiary/aromatic N) is 1. The zero-order valence-corrected chi connectivity index (χ0v) is 16.3. The molecule has 0 spiro atoms. The summed E-state index contributed by atoms with van der Waals surface area (Å²) in [6.07, 6.45) is 0. The molecule has 152 valence electrons. The van der Waals surface area contributed by atoms with Crippen molar-refractivity contribution in [1.82, 2.24) is 10.7 Å². The molecule has 0 aromatic heterocycles. The van der Waals surface area contributed by atoms with Gasteiger partial charge >= 0.3 is 0 Å². The van der Waals surface area contributed by atoms with Crippen molar-refractivity contribution in [1.29, 1.82) is 0 Å². The Hall–Kier alpha value is -3.75. The van der Waals surface area contributed by atoms with Gasteiger partial charge in [-0.15, -0.1) is 0 Å². The second-order valence-corrected chi connectivity index (χ2v) is 6.05. The maximum atomic E-state index is 12.2. The minimum absolute atomic E-state index is 0.125. The minimum Gasteiger partial charge on any atom is -0.493 e. The van der Waals surface area contributed by atoms with Gasteiger partial charge in [-0.05, 0) is 43.3 Å². The monoisotopic (exact) mass is 399 g/mol. The van der Waals surface area contributed by atoms with Crippen LogP contribution in [0.5, 0.6) is 23.0 Å². The number of carbonyl (C=O) groups excluding carboxylic acids is 2. The summed E-state index contributed by atoms with van der Waals surface area (Å²) < 4.78 is 20.9. The van der Waals surface area contributed by atoms with Crippen LogP contribution in [-0.2, 0) is 4.79 Å². The van der Waals surface area contributed by atoms with Gasteiger partial charge in [0, 0.05) is 11.1 Å². The van der Waals surface area contributed by atoms with Gasteiger partial charge < -0.3 is 24.3 Å². The number of benzene rings is 2. The van der Waals surface area contributed by atoms with Crippen LogP contribution in [-0.4, -0.2) is 45.1 Å². The lowest BCUT2D eigenvalue weighted by molar-refractivity contribution is -0.120. The summed E-state index contributed by atoms with van der Waals surface area (Å²) >= 11 is 0. The highest BCUT2D eigenvalue weighted by molar-refractivity contribution is 6.00. The van der Waals surface area contributed by atoms with E-state index in [1.165, 1.54) is 0 Å². The van der Waals surface area contributed by atoms with E-state index in [-0.39, 0.29) is 13.3 Å². The van der Waals surface area contributed by atoms with E-state index in [0.29, 0.717) is 34.3 Å². The minimum atomic E-state index is -0.459. The van der Waals surface area contributed by atoms with Crippen molar-refractivity contribution < 1.29 is 28.5 Å². The van der Waals surface area contributed by atoms with Crippen LogP contribution in [0.4, 0.5) is 0 Å². The largest absolute Gasteiger partial charge is 0.493 e. The summed E-state index contributed by atoms with van der Waals surface area (Å²) in [6, 6.07) is 10.1. The van der Waals surface area contributed by atoms with E-state index in [1.54, 1.807) is 57.5 Å². The highest BCUT2D eigenvalue weighted by Gasteiger charge is 2.16. The normalized spacial score (nSPS) is 12.3. The third-order valence-corrected chi connectivity index (χ3v) is 4.19. The predicted molar refractivity (Wildman–Crippen MR) is 105 cm³/mol. The van der Waals surface area contributed by atoms with Crippen LogP contribution >= 0.6 is 0 Å². The van der Waals surface area contributed by atoms with Crippen molar-refractivity contribution in [3.05, 3.63) is 47.5 Å². The van der Waals surface area contributed by atoms with E-state index < -0.39 is 11.8 Å². The Morgan fingerprint density at radius 3 is 2.48 bits per heavy atom. The topological polar surface area (TPSA) is 107 Å². The summed E-state index contributed by atoms with van der Waals surface area (Å²) in [6.45, 7) is 1.64. The first kappa shape index (κ1) is 20.0. The molecule has 0 atom stereocenters. The number of rotatable bonds is 7. The molecule has 0 radical (unpaired) electrons. The second-order valence-electron chi connectivity index (χ2n) is 6.05. The SMILES string of the molecule is COc1ccc(/C(C)=N\NC(=O)CNC(=O)c2ccc3c(c2)OCO3)cc1OC. The Kier molecular flexibility index (Phi) is 6.18. The average Bonchev–Trinajstić information content (AvgIpc) is 3.23. The summed E-state index contributed by atoms with van der Waals surface area (Å²) in [4.78, 5) is 24.2. The van der Waals surface area contributed by atoms with Crippen LogP contribution in [0.15, 0.2) is 41.5 Å². The first-order valence-corrected chi connectivity index (χ1v) is 8.75. The van der Waals surface area contributed by atoms with Gasteiger partial charge in [0.05, 0.1) is 26.5 Å². The van der Waals surface area contributed by atoms with Crippen LogP contribution in [0.25, 0.3) is 0 Å². The lowest BCUT2D eigenvalue weighted by atomic mass is 10.1. The van der Waals surface area contributed by atoms with Crippen molar-refractivity contribution in [2.75, 3.05) is 27.6 Å². The zero-order chi connectivity index (χ0) is 20.8. The fourth-order valence-corrected chi connectivity index (χ4v) is 2.61. The molecule has 1 heterocycles. The molecule has 9 heteroatoms. The van der Waals surface area contributed by atoms with Crippen LogP contribution in [0.2, 0.25) is 0 Å². The van der Waals surface area contributed by atoms with Gasteiger partial charge in [-0.3, -0.25) is 9.59 Å². The van der Waals surface area contributed by atoms with E-state index in [0.717, 1.165) is 5.56 Å². The predicted octanol–water partition coefficient (Wildman–Crippen LogP) is 1.70. The number of methoxy groups -OCH3 is 2. The van der Waals surface area contributed by atoms with E-state index in [4.69, 9.17) is 18.9 Å². The Morgan fingerprint density at radius 2 is 1.72 bits per heavy atom. The van der Waals surface area contributed by atoms with Crippen LogP contribution in [0.1, 0.15) is 22.8 Å². The lowest BCUT2D eigenvalue weighted by Crippen LogP contribution is -2.35. The van der Waals surface area contributed by atoms with Gasteiger partial charge in [0.2, 0.25) is 6.79 Å². The fraction of sp³-hybridized carbons (Fsp3) is 0.250. The summed E-state index contributed by atoms with van der Waals surface area (Å²) in [5, 5.41) is 6.59. The Morgan fingerprint density at radius 1 is 1.00 bits per heavy atom. The van der Waals surface area contributed by atoms with Crippen LogP contribution < -0.4 is 29.7 Å². The molecule has 9 nitrogen and oxygen atoms in total. The maximum Gasteiger partial charge on any atom is 0.259 e. The molecule has 29 heavy (non-hydrogen) atoms. The molecule has 2 N–H and O–H groups in total. The van der Waals surface area contributed by atoms with Gasteiger partial charge in [-0.25, -0.2) is 5.43 Å². The third-order valence-electron chi connectivity index (χ3n) is 4.19. The highest BCUT2D eigenvalue weighted by Crippen LogP contribution is 2.32. The van der Waals surface area contributed by atoms with E-state index in [2.05, 4.69) is 15.8 Å². The van der Waals surface area contributed by atoms with Gasteiger partial charge in [-0.1, -0.05) is 0 Å². The molecule has 2 aromatic carbocycles. The van der Waals surface area contributed by atoms with Crippen molar-refractivity contribution in [3.63, 3.8) is 0 Å².